The monoisotopic (exact) mass is 181 g/mol. The summed E-state index contributed by atoms with van der Waals surface area (Å²) >= 11 is 0. The van der Waals surface area contributed by atoms with Gasteiger partial charge in [0.2, 0.25) is 0 Å². The SMILES string of the molecule is CN1CC(CF)(S(C)(=O)=O)C1. The smallest absolute Gasteiger partial charge is 0.158 e. The quantitative estimate of drug-likeness (QED) is 0.586. The van der Waals surface area contributed by atoms with Gasteiger partial charge in [-0.15, -0.1) is 0 Å². The lowest BCUT2D eigenvalue weighted by Crippen LogP contribution is -2.65. The fourth-order valence-corrected chi connectivity index (χ4v) is 2.46. The number of likely N-dealkylation sites (tertiary alicyclic amines) is 1. The second kappa shape index (κ2) is 2.42. The molecule has 66 valence electrons. The maximum absolute atomic E-state index is 12.4. The van der Waals surface area contributed by atoms with Gasteiger partial charge < -0.3 is 4.90 Å². The maximum Gasteiger partial charge on any atom is 0.158 e. The van der Waals surface area contributed by atoms with Gasteiger partial charge in [-0.25, -0.2) is 12.8 Å². The third kappa shape index (κ3) is 1.27. The van der Waals surface area contributed by atoms with Crippen LogP contribution < -0.4 is 0 Å². The molecule has 1 aliphatic heterocycles. The lowest BCUT2D eigenvalue weighted by molar-refractivity contribution is 0.131. The van der Waals surface area contributed by atoms with Crippen molar-refractivity contribution < 1.29 is 12.8 Å². The average Bonchev–Trinajstić information content (AvgIpc) is 1.77. The summed E-state index contributed by atoms with van der Waals surface area (Å²) in [6.07, 6.45) is 1.10. The summed E-state index contributed by atoms with van der Waals surface area (Å²) in [6.45, 7) is -0.124. The molecular weight excluding hydrogens is 169 g/mol. The summed E-state index contributed by atoms with van der Waals surface area (Å²) in [7, 11) is -1.45. The van der Waals surface area contributed by atoms with Gasteiger partial charge in [-0.3, -0.25) is 0 Å². The highest BCUT2D eigenvalue weighted by molar-refractivity contribution is 7.92. The summed E-state index contributed by atoms with van der Waals surface area (Å²) < 4.78 is 33.4. The van der Waals surface area contributed by atoms with Crippen molar-refractivity contribution in [2.45, 2.75) is 4.75 Å². The van der Waals surface area contributed by atoms with Crippen molar-refractivity contribution >= 4 is 9.84 Å². The molecule has 11 heavy (non-hydrogen) atoms. The number of hydrogen-bond acceptors (Lipinski definition) is 3. The van der Waals surface area contributed by atoms with Gasteiger partial charge in [-0.2, -0.15) is 0 Å². The summed E-state index contributed by atoms with van der Waals surface area (Å²) in [6, 6.07) is 0. The molecule has 0 radical (unpaired) electrons. The van der Waals surface area contributed by atoms with E-state index in [0.717, 1.165) is 6.26 Å². The van der Waals surface area contributed by atoms with Crippen LogP contribution in [0.1, 0.15) is 0 Å². The first-order valence-electron chi connectivity index (χ1n) is 3.35. The van der Waals surface area contributed by atoms with Crippen molar-refractivity contribution in [1.82, 2.24) is 4.90 Å². The lowest BCUT2D eigenvalue weighted by atomic mass is 10.0. The first-order valence-corrected chi connectivity index (χ1v) is 5.24. The molecule has 1 fully saturated rings. The molecule has 0 N–H and O–H groups in total. The highest BCUT2D eigenvalue weighted by Crippen LogP contribution is 2.28. The number of halogens is 1. The molecule has 0 aromatic rings. The van der Waals surface area contributed by atoms with Crippen LogP contribution in [0.15, 0.2) is 0 Å². The molecule has 1 aliphatic rings. The van der Waals surface area contributed by atoms with Gasteiger partial charge in [-0.1, -0.05) is 0 Å². The third-order valence-corrected chi connectivity index (χ3v) is 4.09. The van der Waals surface area contributed by atoms with E-state index in [4.69, 9.17) is 0 Å². The summed E-state index contributed by atoms with van der Waals surface area (Å²) in [5.41, 5.74) is 0. The summed E-state index contributed by atoms with van der Waals surface area (Å²) in [5, 5.41) is 0. The molecule has 1 rings (SSSR count). The summed E-state index contributed by atoms with van der Waals surface area (Å²) in [4.78, 5) is 1.79. The number of alkyl halides is 1. The molecule has 0 bridgehead atoms. The zero-order valence-corrected chi connectivity index (χ0v) is 7.49. The van der Waals surface area contributed by atoms with Crippen LogP contribution in [-0.4, -0.2) is 51.1 Å². The molecule has 1 saturated heterocycles. The van der Waals surface area contributed by atoms with Crippen LogP contribution in [0.3, 0.4) is 0 Å². The summed E-state index contributed by atoms with van der Waals surface area (Å²) in [5.74, 6) is 0. The molecule has 0 aromatic heterocycles. The average molecular weight is 181 g/mol. The minimum atomic E-state index is -3.23. The van der Waals surface area contributed by atoms with E-state index in [2.05, 4.69) is 0 Å². The largest absolute Gasteiger partial charge is 0.303 e. The predicted octanol–water partition coefficient (Wildman–Crippen LogP) is -0.315. The normalized spacial score (nSPS) is 24.6. The fraction of sp³-hybridized carbons (Fsp3) is 1.00. The number of rotatable bonds is 2. The zero-order chi connectivity index (χ0) is 8.70. The van der Waals surface area contributed by atoms with Gasteiger partial charge in [0.15, 0.2) is 9.84 Å². The van der Waals surface area contributed by atoms with E-state index in [1.54, 1.807) is 11.9 Å². The van der Waals surface area contributed by atoms with Crippen molar-refractivity contribution in [2.75, 3.05) is 33.1 Å². The Labute approximate surface area is 66.1 Å². The maximum atomic E-state index is 12.4. The van der Waals surface area contributed by atoms with E-state index in [1.807, 2.05) is 0 Å². The highest BCUT2D eigenvalue weighted by atomic mass is 32.2. The third-order valence-electron chi connectivity index (χ3n) is 2.15. The Bertz CT molecular complexity index is 243. The first kappa shape index (κ1) is 8.93. The minimum absolute atomic E-state index is 0.322. The standard InChI is InChI=1S/C6H12FNO2S/c1-8-4-6(3-7,5-8)11(2,9)10/h3-5H2,1-2H3. The van der Waals surface area contributed by atoms with Crippen LogP contribution in [0.4, 0.5) is 4.39 Å². The van der Waals surface area contributed by atoms with Crippen LogP contribution in [0.5, 0.6) is 0 Å². The Balaban J connectivity index is 2.82. The Hall–Kier alpha value is -0.160. The van der Waals surface area contributed by atoms with Crippen molar-refractivity contribution in [1.29, 1.82) is 0 Å². The van der Waals surface area contributed by atoms with E-state index in [-0.39, 0.29) is 0 Å². The Morgan fingerprint density at radius 2 is 2.00 bits per heavy atom. The fourth-order valence-electron chi connectivity index (χ4n) is 1.36. The number of nitrogens with zero attached hydrogens (tertiary/aromatic N) is 1. The Kier molecular flexibility index (Phi) is 1.96. The van der Waals surface area contributed by atoms with Gasteiger partial charge in [0, 0.05) is 19.3 Å². The van der Waals surface area contributed by atoms with Gasteiger partial charge in [0.05, 0.1) is 0 Å². The van der Waals surface area contributed by atoms with E-state index < -0.39 is 21.3 Å². The molecule has 1 heterocycles. The Morgan fingerprint density at radius 3 is 2.09 bits per heavy atom. The molecule has 0 aromatic carbocycles. The molecule has 0 unspecified atom stereocenters. The van der Waals surface area contributed by atoms with Gasteiger partial charge in [0.25, 0.3) is 0 Å². The highest BCUT2D eigenvalue weighted by Gasteiger charge is 2.49. The van der Waals surface area contributed by atoms with E-state index in [0.29, 0.717) is 13.1 Å². The van der Waals surface area contributed by atoms with Crippen molar-refractivity contribution in [3.8, 4) is 0 Å². The van der Waals surface area contributed by atoms with Gasteiger partial charge in [0.1, 0.15) is 11.4 Å². The number of sulfone groups is 1. The van der Waals surface area contributed by atoms with Crippen molar-refractivity contribution in [2.24, 2.45) is 0 Å². The molecule has 0 atom stereocenters. The minimum Gasteiger partial charge on any atom is -0.303 e. The molecule has 3 nitrogen and oxygen atoms in total. The van der Waals surface area contributed by atoms with Crippen LogP contribution >= 0.6 is 0 Å². The van der Waals surface area contributed by atoms with Crippen LogP contribution in [0.2, 0.25) is 0 Å². The van der Waals surface area contributed by atoms with Crippen LogP contribution in [0, 0.1) is 0 Å². The first-order chi connectivity index (χ1) is 4.91. The van der Waals surface area contributed by atoms with E-state index in [9.17, 15) is 12.8 Å². The second-order valence-corrected chi connectivity index (χ2v) is 5.67. The molecule has 5 heteroatoms. The molecule has 0 aliphatic carbocycles. The number of hydrogen-bond donors (Lipinski definition) is 0. The van der Waals surface area contributed by atoms with Gasteiger partial charge >= 0.3 is 0 Å². The molecule has 0 amide bonds. The van der Waals surface area contributed by atoms with Crippen LogP contribution in [0.25, 0.3) is 0 Å². The van der Waals surface area contributed by atoms with E-state index in [1.165, 1.54) is 0 Å². The van der Waals surface area contributed by atoms with Gasteiger partial charge in [-0.05, 0) is 7.05 Å². The lowest BCUT2D eigenvalue weighted by Gasteiger charge is -2.44. The topological polar surface area (TPSA) is 37.4 Å². The van der Waals surface area contributed by atoms with Crippen LogP contribution in [-0.2, 0) is 9.84 Å². The molecular formula is C6H12FNO2S. The predicted molar refractivity (Wildman–Crippen MR) is 41.0 cm³/mol. The zero-order valence-electron chi connectivity index (χ0n) is 6.67. The molecule has 0 saturated carbocycles. The molecule has 0 spiro atoms. The van der Waals surface area contributed by atoms with E-state index >= 15 is 0 Å². The second-order valence-electron chi connectivity index (χ2n) is 3.26. The Morgan fingerprint density at radius 1 is 1.55 bits per heavy atom. The van der Waals surface area contributed by atoms with Crippen molar-refractivity contribution in [3.63, 3.8) is 0 Å². The van der Waals surface area contributed by atoms with Crippen molar-refractivity contribution in [3.05, 3.63) is 0 Å².